The molecule has 2 rings (SSSR count). The molecule has 1 aromatic heterocycles. The highest BCUT2D eigenvalue weighted by Gasteiger charge is 2.35. The van der Waals surface area contributed by atoms with E-state index in [0.717, 1.165) is 37.7 Å². The summed E-state index contributed by atoms with van der Waals surface area (Å²) in [6.07, 6.45) is 3.79. The molecule has 1 aromatic rings. The van der Waals surface area contributed by atoms with Crippen LogP contribution in [0.4, 0.5) is 5.82 Å². The maximum atomic E-state index is 4.43. The molecule has 0 unspecified atom stereocenters. The van der Waals surface area contributed by atoms with Crippen molar-refractivity contribution < 1.29 is 0 Å². The van der Waals surface area contributed by atoms with Gasteiger partial charge in [-0.3, -0.25) is 0 Å². The van der Waals surface area contributed by atoms with Crippen LogP contribution in [-0.4, -0.2) is 29.8 Å². The Morgan fingerprint density at radius 3 is 2.52 bits per heavy atom. The monoisotopic (exact) mass is 290 g/mol. The van der Waals surface area contributed by atoms with Gasteiger partial charge in [0, 0.05) is 19.6 Å². The van der Waals surface area contributed by atoms with Crippen LogP contribution in [-0.2, 0) is 6.54 Å². The number of aromatic nitrogens is 2. The fourth-order valence-electron chi connectivity index (χ4n) is 3.06. The summed E-state index contributed by atoms with van der Waals surface area (Å²) in [5.74, 6) is 1.70. The molecular formula is C17H30N4. The highest BCUT2D eigenvalue weighted by molar-refractivity contribution is 5.39. The van der Waals surface area contributed by atoms with Gasteiger partial charge in [0.05, 0.1) is 5.69 Å². The Morgan fingerprint density at radius 2 is 2.00 bits per heavy atom. The average Bonchev–Trinajstić information content (AvgIpc) is 2.93. The number of hydrogen-bond acceptors (Lipinski definition) is 4. The van der Waals surface area contributed by atoms with Gasteiger partial charge >= 0.3 is 0 Å². The molecule has 1 fully saturated rings. The third-order valence-electron chi connectivity index (χ3n) is 4.83. The summed E-state index contributed by atoms with van der Waals surface area (Å²) in [4.78, 5) is 2.39. The number of anilines is 1. The number of hydrogen-bond donors (Lipinski definition) is 1. The lowest BCUT2D eigenvalue weighted by atomic mass is 9.82. The standard InChI is InChI=1S/C17H30N4/c1-5-17(6-2)9-10-21(13-17)16-8-7-15(19-20-16)12-18-11-14(3)4/h7-8,14,18H,5-6,9-13H2,1-4H3. The van der Waals surface area contributed by atoms with Crippen LogP contribution in [0.3, 0.4) is 0 Å². The molecule has 1 aliphatic heterocycles. The number of rotatable bonds is 7. The molecule has 2 heterocycles. The zero-order valence-corrected chi connectivity index (χ0v) is 14.0. The Labute approximate surface area is 129 Å². The van der Waals surface area contributed by atoms with E-state index in [1.807, 2.05) is 0 Å². The zero-order chi connectivity index (χ0) is 15.3. The second kappa shape index (κ2) is 7.21. The summed E-state index contributed by atoms with van der Waals surface area (Å²) in [5.41, 5.74) is 1.51. The number of nitrogens with zero attached hydrogens (tertiary/aromatic N) is 3. The molecule has 0 aromatic carbocycles. The Kier molecular flexibility index (Phi) is 5.57. The topological polar surface area (TPSA) is 41.0 Å². The Balaban J connectivity index is 1.91. The fraction of sp³-hybridized carbons (Fsp3) is 0.765. The van der Waals surface area contributed by atoms with Crippen molar-refractivity contribution in [3.05, 3.63) is 17.8 Å². The summed E-state index contributed by atoms with van der Waals surface area (Å²) >= 11 is 0. The predicted octanol–water partition coefficient (Wildman–Crippen LogP) is 3.24. The van der Waals surface area contributed by atoms with E-state index in [0.29, 0.717) is 11.3 Å². The lowest BCUT2D eigenvalue weighted by Crippen LogP contribution is -2.27. The second-order valence-electron chi connectivity index (χ2n) is 6.79. The lowest BCUT2D eigenvalue weighted by molar-refractivity contribution is 0.301. The minimum atomic E-state index is 0.485. The van der Waals surface area contributed by atoms with Crippen LogP contribution in [0.15, 0.2) is 12.1 Å². The molecule has 4 nitrogen and oxygen atoms in total. The van der Waals surface area contributed by atoms with E-state index in [2.05, 4.69) is 60.2 Å². The van der Waals surface area contributed by atoms with Crippen LogP contribution in [0, 0.1) is 11.3 Å². The SMILES string of the molecule is CCC1(CC)CCN(c2ccc(CNCC(C)C)nn2)C1. The van der Waals surface area contributed by atoms with Crippen molar-refractivity contribution in [1.29, 1.82) is 0 Å². The van der Waals surface area contributed by atoms with Crippen molar-refractivity contribution in [2.45, 2.75) is 53.5 Å². The molecule has 0 amide bonds. The lowest BCUT2D eigenvalue weighted by Gasteiger charge is -2.26. The normalized spacial score (nSPS) is 17.7. The van der Waals surface area contributed by atoms with Gasteiger partial charge in [0.1, 0.15) is 0 Å². The van der Waals surface area contributed by atoms with Crippen LogP contribution in [0.1, 0.15) is 52.7 Å². The smallest absolute Gasteiger partial charge is 0.151 e. The largest absolute Gasteiger partial charge is 0.355 e. The molecule has 0 saturated carbocycles. The van der Waals surface area contributed by atoms with E-state index in [9.17, 15) is 0 Å². The third-order valence-corrected chi connectivity index (χ3v) is 4.83. The molecule has 118 valence electrons. The Morgan fingerprint density at radius 1 is 1.24 bits per heavy atom. The molecule has 21 heavy (non-hydrogen) atoms. The van der Waals surface area contributed by atoms with Crippen molar-refractivity contribution >= 4 is 5.82 Å². The van der Waals surface area contributed by atoms with Crippen LogP contribution >= 0.6 is 0 Å². The fourth-order valence-corrected chi connectivity index (χ4v) is 3.06. The molecule has 0 atom stereocenters. The average molecular weight is 290 g/mol. The maximum absolute atomic E-state index is 4.43. The Bertz CT molecular complexity index is 423. The predicted molar refractivity (Wildman–Crippen MR) is 88.4 cm³/mol. The maximum Gasteiger partial charge on any atom is 0.151 e. The van der Waals surface area contributed by atoms with Crippen molar-refractivity contribution in [2.24, 2.45) is 11.3 Å². The molecule has 0 spiro atoms. The van der Waals surface area contributed by atoms with Crippen molar-refractivity contribution in [3.8, 4) is 0 Å². The van der Waals surface area contributed by atoms with Crippen LogP contribution < -0.4 is 10.2 Å². The summed E-state index contributed by atoms with van der Waals surface area (Å²) in [7, 11) is 0. The first-order valence-electron chi connectivity index (χ1n) is 8.37. The number of nitrogens with one attached hydrogen (secondary N) is 1. The van der Waals surface area contributed by atoms with Crippen molar-refractivity contribution in [3.63, 3.8) is 0 Å². The molecule has 4 heteroatoms. The molecule has 1 aliphatic rings. The molecular weight excluding hydrogens is 260 g/mol. The molecule has 1 saturated heterocycles. The first-order valence-corrected chi connectivity index (χ1v) is 8.37. The summed E-state index contributed by atoms with van der Waals surface area (Å²) < 4.78 is 0. The van der Waals surface area contributed by atoms with Gasteiger partial charge in [0.25, 0.3) is 0 Å². The van der Waals surface area contributed by atoms with E-state index < -0.39 is 0 Å². The third kappa shape index (κ3) is 4.16. The van der Waals surface area contributed by atoms with Crippen molar-refractivity contribution in [2.75, 3.05) is 24.5 Å². The van der Waals surface area contributed by atoms with Gasteiger partial charge in [0.2, 0.25) is 0 Å². The van der Waals surface area contributed by atoms with Crippen LogP contribution in [0.2, 0.25) is 0 Å². The van der Waals surface area contributed by atoms with E-state index in [-0.39, 0.29) is 0 Å². The summed E-state index contributed by atoms with van der Waals surface area (Å²) in [6.45, 7) is 13.1. The highest BCUT2D eigenvalue weighted by atomic mass is 15.3. The van der Waals surface area contributed by atoms with Gasteiger partial charge in [-0.15, -0.1) is 5.10 Å². The van der Waals surface area contributed by atoms with Gasteiger partial charge < -0.3 is 10.2 Å². The quantitative estimate of drug-likeness (QED) is 0.837. The van der Waals surface area contributed by atoms with E-state index in [1.54, 1.807) is 0 Å². The molecule has 0 bridgehead atoms. The van der Waals surface area contributed by atoms with E-state index in [1.165, 1.54) is 19.3 Å². The van der Waals surface area contributed by atoms with Gasteiger partial charge in [-0.05, 0) is 49.3 Å². The highest BCUT2D eigenvalue weighted by Crippen LogP contribution is 2.38. The first-order chi connectivity index (χ1) is 10.1. The van der Waals surface area contributed by atoms with Gasteiger partial charge in [-0.2, -0.15) is 5.10 Å². The zero-order valence-electron chi connectivity index (χ0n) is 14.0. The van der Waals surface area contributed by atoms with Crippen molar-refractivity contribution in [1.82, 2.24) is 15.5 Å². The first kappa shape index (κ1) is 16.2. The summed E-state index contributed by atoms with van der Waals surface area (Å²) in [5, 5.41) is 12.2. The minimum absolute atomic E-state index is 0.485. The molecule has 1 N–H and O–H groups in total. The molecule has 0 aliphatic carbocycles. The summed E-state index contributed by atoms with van der Waals surface area (Å²) in [6, 6.07) is 4.23. The van der Waals surface area contributed by atoms with Crippen LogP contribution in [0.25, 0.3) is 0 Å². The van der Waals surface area contributed by atoms with Gasteiger partial charge in [-0.1, -0.05) is 27.7 Å². The van der Waals surface area contributed by atoms with E-state index in [4.69, 9.17) is 0 Å². The van der Waals surface area contributed by atoms with E-state index >= 15 is 0 Å². The molecule has 0 radical (unpaired) electrons. The second-order valence-corrected chi connectivity index (χ2v) is 6.79. The minimum Gasteiger partial charge on any atom is -0.355 e. The van der Waals surface area contributed by atoms with Gasteiger partial charge in [0.15, 0.2) is 5.82 Å². The van der Waals surface area contributed by atoms with Crippen LogP contribution in [0.5, 0.6) is 0 Å². The van der Waals surface area contributed by atoms with Gasteiger partial charge in [-0.25, -0.2) is 0 Å². The Hall–Kier alpha value is -1.16.